The van der Waals surface area contributed by atoms with E-state index in [2.05, 4.69) is 15.3 Å². The van der Waals surface area contributed by atoms with Gasteiger partial charge in [-0.3, -0.25) is 9.59 Å². The summed E-state index contributed by atoms with van der Waals surface area (Å²) >= 11 is 0. The second-order valence-corrected chi connectivity index (χ2v) is 6.50. The van der Waals surface area contributed by atoms with Gasteiger partial charge in [-0.25, -0.2) is 4.79 Å². The Morgan fingerprint density at radius 2 is 1.96 bits per heavy atom. The third-order valence-electron chi connectivity index (χ3n) is 4.03. The Bertz CT molecular complexity index is 586. The third-order valence-corrected chi connectivity index (χ3v) is 4.03. The molecule has 27 heavy (non-hydrogen) atoms. The maximum absolute atomic E-state index is 12.2. The first-order chi connectivity index (χ1) is 12.7. The van der Waals surface area contributed by atoms with Crippen LogP contribution in [0.1, 0.15) is 39.5 Å². The first-order valence-corrected chi connectivity index (χ1v) is 8.91. The smallest absolute Gasteiger partial charge is 0.330 e. The highest BCUT2D eigenvalue weighted by Crippen LogP contribution is 2.12. The predicted octanol–water partition coefficient (Wildman–Crippen LogP) is 0.0939. The Labute approximate surface area is 158 Å². The SMILES string of the molecule is COC(=O)C1CNN=C1C(=O)CC[C@@H](C)OC(=O)/C=C/[C@@H](O)CC[C@@H](C)O. The number of ketones is 1. The van der Waals surface area contributed by atoms with Gasteiger partial charge in [-0.15, -0.1) is 0 Å². The number of hydrazone groups is 1. The van der Waals surface area contributed by atoms with E-state index >= 15 is 0 Å². The molecule has 1 unspecified atom stereocenters. The van der Waals surface area contributed by atoms with Crippen LogP contribution >= 0.6 is 0 Å². The quantitative estimate of drug-likeness (QED) is 0.337. The van der Waals surface area contributed by atoms with E-state index in [1.807, 2.05) is 0 Å². The lowest BCUT2D eigenvalue weighted by Gasteiger charge is -2.13. The highest BCUT2D eigenvalue weighted by atomic mass is 16.5. The van der Waals surface area contributed by atoms with Crippen molar-refractivity contribution >= 4 is 23.4 Å². The second-order valence-electron chi connectivity index (χ2n) is 6.50. The van der Waals surface area contributed by atoms with Crippen molar-refractivity contribution in [2.45, 2.75) is 57.8 Å². The molecule has 0 bridgehead atoms. The van der Waals surface area contributed by atoms with Crippen molar-refractivity contribution in [1.82, 2.24) is 5.43 Å². The van der Waals surface area contributed by atoms with Crippen LogP contribution < -0.4 is 5.43 Å². The molecule has 0 aromatic rings. The van der Waals surface area contributed by atoms with Crippen molar-refractivity contribution in [3.05, 3.63) is 12.2 Å². The highest BCUT2D eigenvalue weighted by molar-refractivity contribution is 6.44. The molecule has 0 amide bonds. The summed E-state index contributed by atoms with van der Waals surface area (Å²) in [7, 11) is 1.25. The number of carbonyl (C=O) groups excluding carboxylic acids is 3. The van der Waals surface area contributed by atoms with E-state index in [0.717, 1.165) is 6.08 Å². The van der Waals surface area contributed by atoms with E-state index < -0.39 is 36.2 Å². The summed E-state index contributed by atoms with van der Waals surface area (Å²) in [4.78, 5) is 35.6. The van der Waals surface area contributed by atoms with Crippen molar-refractivity contribution in [3.8, 4) is 0 Å². The molecule has 1 aliphatic rings. The van der Waals surface area contributed by atoms with Crippen LogP contribution in [0.5, 0.6) is 0 Å². The zero-order valence-corrected chi connectivity index (χ0v) is 15.9. The fourth-order valence-electron chi connectivity index (χ4n) is 2.45. The average molecular weight is 384 g/mol. The summed E-state index contributed by atoms with van der Waals surface area (Å²) < 4.78 is 9.80. The van der Waals surface area contributed by atoms with Crippen molar-refractivity contribution in [2.75, 3.05) is 13.7 Å². The number of hydrogen-bond donors (Lipinski definition) is 3. The topological polar surface area (TPSA) is 135 Å². The molecule has 0 saturated heterocycles. The number of aliphatic hydroxyl groups excluding tert-OH is 2. The molecule has 4 atom stereocenters. The van der Waals surface area contributed by atoms with Gasteiger partial charge in [0.25, 0.3) is 0 Å². The molecule has 0 saturated carbocycles. The van der Waals surface area contributed by atoms with Crippen LogP contribution in [-0.2, 0) is 23.9 Å². The molecule has 1 heterocycles. The van der Waals surface area contributed by atoms with Crippen LogP contribution in [0.25, 0.3) is 0 Å². The molecule has 1 rings (SSSR count). The van der Waals surface area contributed by atoms with Crippen molar-refractivity contribution in [1.29, 1.82) is 0 Å². The molecule has 9 heteroatoms. The number of hydrogen-bond acceptors (Lipinski definition) is 9. The number of carbonyl (C=O) groups is 3. The molecule has 1 aliphatic heterocycles. The van der Waals surface area contributed by atoms with E-state index in [9.17, 15) is 19.5 Å². The number of esters is 2. The van der Waals surface area contributed by atoms with Gasteiger partial charge in [-0.05, 0) is 39.2 Å². The van der Waals surface area contributed by atoms with Crippen LogP contribution in [0, 0.1) is 5.92 Å². The first kappa shape index (κ1) is 22.8. The van der Waals surface area contributed by atoms with Gasteiger partial charge in [-0.1, -0.05) is 0 Å². The molecule has 0 aromatic heterocycles. The Kier molecular flexibility index (Phi) is 9.66. The number of aliphatic hydroxyl groups is 2. The number of ether oxygens (including phenoxy) is 2. The first-order valence-electron chi connectivity index (χ1n) is 8.91. The maximum atomic E-state index is 12.2. The maximum Gasteiger partial charge on any atom is 0.330 e. The van der Waals surface area contributed by atoms with Crippen LogP contribution in [0.2, 0.25) is 0 Å². The second kappa shape index (κ2) is 11.5. The van der Waals surface area contributed by atoms with E-state index in [0.29, 0.717) is 12.8 Å². The minimum absolute atomic E-state index is 0.0726. The summed E-state index contributed by atoms with van der Waals surface area (Å²) in [6, 6.07) is 0. The number of nitrogens with one attached hydrogen (secondary N) is 1. The Morgan fingerprint density at radius 1 is 1.26 bits per heavy atom. The minimum atomic E-state index is -0.841. The fourth-order valence-corrected chi connectivity index (χ4v) is 2.45. The van der Waals surface area contributed by atoms with E-state index in [-0.39, 0.29) is 30.9 Å². The Hall–Kier alpha value is -2.26. The van der Waals surface area contributed by atoms with Crippen molar-refractivity contribution in [3.63, 3.8) is 0 Å². The fraction of sp³-hybridized carbons (Fsp3) is 0.667. The van der Waals surface area contributed by atoms with Crippen molar-refractivity contribution in [2.24, 2.45) is 11.0 Å². The normalized spacial score (nSPS) is 19.7. The van der Waals surface area contributed by atoms with Crippen LogP contribution in [-0.4, -0.2) is 65.6 Å². The molecule has 152 valence electrons. The van der Waals surface area contributed by atoms with Gasteiger partial charge in [-0.2, -0.15) is 5.10 Å². The molecule has 0 aromatic carbocycles. The number of methoxy groups -OCH3 is 1. The number of nitrogens with zero attached hydrogens (tertiary/aromatic N) is 1. The highest BCUT2D eigenvalue weighted by Gasteiger charge is 2.33. The number of rotatable bonds is 11. The lowest BCUT2D eigenvalue weighted by atomic mass is 9.98. The van der Waals surface area contributed by atoms with E-state index in [1.165, 1.54) is 13.2 Å². The van der Waals surface area contributed by atoms with Gasteiger partial charge in [0, 0.05) is 12.5 Å². The van der Waals surface area contributed by atoms with Gasteiger partial charge < -0.3 is 25.1 Å². The summed E-state index contributed by atoms with van der Waals surface area (Å²) in [5.74, 6) is -2.17. The van der Waals surface area contributed by atoms with E-state index in [1.54, 1.807) is 13.8 Å². The van der Waals surface area contributed by atoms with Gasteiger partial charge in [0.15, 0.2) is 5.78 Å². The van der Waals surface area contributed by atoms with Gasteiger partial charge in [0.2, 0.25) is 0 Å². The van der Waals surface area contributed by atoms with E-state index in [4.69, 9.17) is 9.84 Å². The summed E-state index contributed by atoms with van der Waals surface area (Å²) in [6.45, 7) is 3.49. The van der Waals surface area contributed by atoms with Crippen LogP contribution in [0.4, 0.5) is 0 Å². The monoisotopic (exact) mass is 384 g/mol. The average Bonchev–Trinajstić information content (AvgIpc) is 3.11. The third kappa shape index (κ3) is 8.31. The zero-order chi connectivity index (χ0) is 20.4. The molecular weight excluding hydrogens is 356 g/mol. The molecular formula is C18H28N2O7. The number of Topliss-reactive ketones (excluding diaryl/α,β-unsaturated/α-hetero) is 1. The molecule has 0 fully saturated rings. The summed E-state index contributed by atoms with van der Waals surface area (Å²) in [6.07, 6.45) is 1.66. The lowest BCUT2D eigenvalue weighted by Crippen LogP contribution is -2.31. The van der Waals surface area contributed by atoms with Crippen molar-refractivity contribution < 1.29 is 34.1 Å². The minimum Gasteiger partial charge on any atom is -0.468 e. The Balaban J connectivity index is 2.37. The van der Waals surface area contributed by atoms with Crippen LogP contribution in [0.3, 0.4) is 0 Å². The molecule has 3 N–H and O–H groups in total. The summed E-state index contributed by atoms with van der Waals surface area (Å²) in [5.41, 5.74) is 2.74. The predicted molar refractivity (Wildman–Crippen MR) is 96.8 cm³/mol. The largest absolute Gasteiger partial charge is 0.468 e. The molecule has 9 nitrogen and oxygen atoms in total. The lowest BCUT2D eigenvalue weighted by molar-refractivity contribution is -0.143. The molecule has 0 radical (unpaired) electrons. The molecule has 0 aliphatic carbocycles. The Morgan fingerprint density at radius 3 is 2.59 bits per heavy atom. The van der Waals surface area contributed by atoms with Gasteiger partial charge >= 0.3 is 11.9 Å². The summed E-state index contributed by atoms with van der Waals surface area (Å²) in [5, 5.41) is 22.7. The standard InChI is InChI=1S/C18H28N2O7/c1-11(21)4-6-13(22)7-9-16(24)27-12(2)5-8-15(23)17-14(10-19-20-17)18(25)26-3/h7,9,11-14,19,21-22H,4-6,8,10H2,1-3H3/b9-7+/t11-,12-,13+,14?/m1/s1. The zero-order valence-electron chi connectivity index (χ0n) is 15.9. The van der Waals surface area contributed by atoms with Crippen LogP contribution in [0.15, 0.2) is 17.3 Å². The van der Waals surface area contributed by atoms with Gasteiger partial charge in [0.05, 0.1) is 32.0 Å². The molecule has 0 spiro atoms. The van der Waals surface area contributed by atoms with Gasteiger partial charge in [0.1, 0.15) is 11.6 Å².